The Bertz CT molecular complexity index is 1040. The number of nitriles is 1. The summed E-state index contributed by atoms with van der Waals surface area (Å²) in [4.78, 5) is 4.16. The molecule has 0 saturated heterocycles. The van der Waals surface area contributed by atoms with E-state index in [4.69, 9.17) is 10.5 Å². The number of aryl methyl sites for hydroxylation is 2. The van der Waals surface area contributed by atoms with Crippen LogP contribution in [0.5, 0.6) is 5.88 Å². The van der Waals surface area contributed by atoms with Crippen molar-refractivity contribution in [2.24, 2.45) is 5.73 Å². The predicted molar refractivity (Wildman–Crippen MR) is 95.3 cm³/mol. The number of pyridine rings is 1. The van der Waals surface area contributed by atoms with E-state index in [2.05, 4.69) is 16.2 Å². The summed E-state index contributed by atoms with van der Waals surface area (Å²) >= 11 is 0. The number of nitrogens with one attached hydrogen (secondary N) is 1. The van der Waals surface area contributed by atoms with Crippen molar-refractivity contribution in [1.82, 2.24) is 10.1 Å². The molecule has 3 aromatic rings. The number of H-pyrrole nitrogens is 1. The maximum Gasteiger partial charge on any atom is 0.410 e. The fourth-order valence-electron chi connectivity index (χ4n) is 3.33. The van der Waals surface area contributed by atoms with Gasteiger partial charge in [-0.2, -0.15) is 10.4 Å². The summed E-state index contributed by atoms with van der Waals surface area (Å²) in [7, 11) is 0. The van der Waals surface area contributed by atoms with Crippen LogP contribution in [0.25, 0.3) is 5.69 Å². The molecule has 0 aliphatic carbocycles. The molecule has 0 saturated carbocycles. The van der Waals surface area contributed by atoms with Crippen LogP contribution in [0.2, 0.25) is 0 Å². The third kappa shape index (κ3) is 2.42. The number of ether oxygens (including phenoxy) is 1. The van der Waals surface area contributed by atoms with Crippen LogP contribution in [0.1, 0.15) is 28.3 Å². The van der Waals surface area contributed by atoms with Crippen molar-refractivity contribution in [3.8, 4) is 17.6 Å². The lowest BCUT2D eigenvalue weighted by atomic mass is 9.84. The van der Waals surface area contributed by atoms with Gasteiger partial charge in [0.05, 0.1) is 11.6 Å². The van der Waals surface area contributed by atoms with Crippen LogP contribution < -0.4 is 15.2 Å². The number of benzene rings is 1. The first-order chi connectivity index (χ1) is 12.6. The molecule has 0 amide bonds. The maximum atomic E-state index is 9.69. The second-order valence-corrected chi connectivity index (χ2v) is 6.34. The van der Waals surface area contributed by atoms with Gasteiger partial charge < -0.3 is 10.5 Å². The van der Waals surface area contributed by atoms with E-state index >= 15 is 0 Å². The number of allylic oxidation sites excluding steroid dienone is 1. The zero-order valence-electron chi connectivity index (χ0n) is 14.5. The molecule has 0 radical (unpaired) electrons. The Labute approximate surface area is 151 Å². The number of aromatic nitrogens is 3. The van der Waals surface area contributed by atoms with Crippen LogP contribution in [0.15, 0.2) is 60.2 Å². The summed E-state index contributed by atoms with van der Waals surface area (Å²) in [6, 6.07) is 14.1. The van der Waals surface area contributed by atoms with Crippen LogP contribution in [0.3, 0.4) is 0 Å². The van der Waals surface area contributed by atoms with Gasteiger partial charge in [0.2, 0.25) is 5.88 Å². The highest BCUT2D eigenvalue weighted by atomic mass is 16.5. The predicted octanol–water partition coefficient (Wildman–Crippen LogP) is 2.52. The molecular formula is C20H18N5O+. The zero-order chi connectivity index (χ0) is 18.3. The number of rotatable bonds is 2. The molecular weight excluding hydrogens is 326 g/mol. The standard InChI is InChI=1S/C20H17N5O/c1-12-5-7-14(8-6-12)18-16(10-21)19(22)26-20-17(18)13(2)24-25(20)15-4-3-9-23-11-15/h3-9,11,18H,22H2,1-2H3/p+1. The molecule has 1 aliphatic rings. The van der Waals surface area contributed by atoms with Crippen molar-refractivity contribution in [3.63, 3.8) is 0 Å². The molecule has 1 aromatic carbocycles. The Hall–Kier alpha value is -3.59. The average molecular weight is 344 g/mol. The first-order valence-corrected chi connectivity index (χ1v) is 8.29. The number of nitrogens with zero attached hydrogens (tertiary/aromatic N) is 3. The van der Waals surface area contributed by atoms with E-state index in [1.54, 1.807) is 17.1 Å². The van der Waals surface area contributed by atoms with Gasteiger partial charge in [0.25, 0.3) is 5.69 Å². The second kappa shape index (κ2) is 6.05. The minimum absolute atomic E-state index is 0.127. The topological polar surface area (TPSA) is 91.6 Å². The van der Waals surface area contributed by atoms with Crippen LogP contribution in [0.4, 0.5) is 0 Å². The number of nitrogens with two attached hydrogens (primary N) is 1. The van der Waals surface area contributed by atoms with Gasteiger partial charge in [0, 0.05) is 12.3 Å². The minimum atomic E-state index is -0.279. The Morgan fingerprint density at radius 3 is 2.65 bits per heavy atom. The Morgan fingerprint density at radius 1 is 1.23 bits per heavy atom. The van der Waals surface area contributed by atoms with Gasteiger partial charge in [-0.3, -0.25) is 4.98 Å². The van der Waals surface area contributed by atoms with E-state index in [1.165, 1.54) is 0 Å². The summed E-state index contributed by atoms with van der Waals surface area (Å²) in [5.41, 5.74) is 11.3. The molecule has 1 unspecified atom stereocenters. The van der Waals surface area contributed by atoms with E-state index in [9.17, 15) is 5.26 Å². The molecule has 3 N–H and O–H groups in total. The molecule has 4 rings (SSSR count). The van der Waals surface area contributed by atoms with Gasteiger partial charge in [-0.1, -0.05) is 29.8 Å². The van der Waals surface area contributed by atoms with Crippen molar-refractivity contribution in [2.45, 2.75) is 19.8 Å². The Balaban J connectivity index is 1.95. The van der Waals surface area contributed by atoms with Crippen LogP contribution in [-0.2, 0) is 0 Å². The van der Waals surface area contributed by atoms with Gasteiger partial charge in [-0.15, -0.1) is 0 Å². The molecule has 6 nitrogen and oxygen atoms in total. The molecule has 1 aliphatic heterocycles. The third-order valence-corrected chi connectivity index (χ3v) is 4.60. The molecule has 1 atom stereocenters. The fourth-order valence-corrected chi connectivity index (χ4v) is 3.33. The Morgan fingerprint density at radius 2 is 2.00 bits per heavy atom. The highest BCUT2D eigenvalue weighted by molar-refractivity contribution is 5.54. The molecule has 3 heterocycles. The SMILES string of the molecule is Cc1ccc(C2C(C#N)=C(N)Oc3c2c(C)[nH][n+]3-c2cccnc2)cc1. The molecule has 0 fully saturated rings. The van der Waals surface area contributed by atoms with Crippen LogP contribution >= 0.6 is 0 Å². The quantitative estimate of drug-likeness (QED) is 0.699. The van der Waals surface area contributed by atoms with Crippen molar-refractivity contribution >= 4 is 0 Å². The van der Waals surface area contributed by atoms with Crippen molar-refractivity contribution in [2.75, 3.05) is 0 Å². The minimum Gasteiger partial charge on any atom is -0.385 e. The second-order valence-electron chi connectivity index (χ2n) is 6.34. The molecule has 6 heteroatoms. The fraction of sp³-hybridized carbons (Fsp3) is 0.150. The normalized spacial score (nSPS) is 16.0. The highest BCUT2D eigenvalue weighted by Crippen LogP contribution is 2.42. The summed E-state index contributed by atoms with van der Waals surface area (Å²) in [5, 5.41) is 13.0. The summed E-state index contributed by atoms with van der Waals surface area (Å²) in [6.45, 7) is 4.00. The molecule has 0 spiro atoms. The first-order valence-electron chi connectivity index (χ1n) is 8.29. The number of hydrogen-bond acceptors (Lipinski definition) is 4. The van der Waals surface area contributed by atoms with E-state index in [-0.39, 0.29) is 11.8 Å². The maximum absolute atomic E-state index is 9.69. The van der Waals surface area contributed by atoms with Gasteiger partial charge >= 0.3 is 5.88 Å². The zero-order valence-corrected chi connectivity index (χ0v) is 14.5. The van der Waals surface area contributed by atoms with Crippen molar-refractivity contribution < 1.29 is 9.42 Å². The van der Waals surface area contributed by atoms with E-state index < -0.39 is 0 Å². The first kappa shape index (κ1) is 15.9. The van der Waals surface area contributed by atoms with Crippen molar-refractivity contribution in [1.29, 1.82) is 5.26 Å². The smallest absolute Gasteiger partial charge is 0.385 e. The molecule has 26 heavy (non-hydrogen) atoms. The largest absolute Gasteiger partial charge is 0.410 e. The van der Waals surface area contributed by atoms with E-state index in [1.807, 2.05) is 50.2 Å². The van der Waals surface area contributed by atoms with Gasteiger partial charge in [-0.05, 0) is 30.2 Å². The molecule has 128 valence electrons. The monoisotopic (exact) mass is 344 g/mol. The van der Waals surface area contributed by atoms with E-state index in [0.29, 0.717) is 11.5 Å². The summed E-state index contributed by atoms with van der Waals surface area (Å²) in [6.07, 6.45) is 3.45. The van der Waals surface area contributed by atoms with Crippen molar-refractivity contribution in [3.05, 3.63) is 82.6 Å². The van der Waals surface area contributed by atoms with Gasteiger partial charge in [0.1, 0.15) is 23.4 Å². The summed E-state index contributed by atoms with van der Waals surface area (Å²) < 4.78 is 7.66. The number of hydrogen-bond donors (Lipinski definition) is 2. The number of aromatic amines is 1. The van der Waals surface area contributed by atoms with Gasteiger partial charge in [0.15, 0.2) is 0 Å². The summed E-state index contributed by atoms with van der Waals surface area (Å²) in [5.74, 6) is 0.429. The highest BCUT2D eigenvalue weighted by Gasteiger charge is 2.41. The Kier molecular flexibility index (Phi) is 3.70. The lowest BCUT2D eigenvalue weighted by Crippen LogP contribution is -2.36. The van der Waals surface area contributed by atoms with Crippen LogP contribution in [-0.4, -0.2) is 10.1 Å². The third-order valence-electron chi connectivity index (χ3n) is 4.60. The molecule has 2 aromatic heterocycles. The number of fused-ring (bicyclic) bond motifs is 1. The lowest BCUT2D eigenvalue weighted by molar-refractivity contribution is -0.661. The average Bonchev–Trinajstić information content (AvgIpc) is 2.98. The van der Waals surface area contributed by atoms with E-state index in [0.717, 1.165) is 28.1 Å². The van der Waals surface area contributed by atoms with Crippen LogP contribution in [0, 0.1) is 25.2 Å². The molecule has 0 bridgehead atoms. The van der Waals surface area contributed by atoms with Gasteiger partial charge in [-0.25, -0.2) is 0 Å². The lowest BCUT2D eigenvalue weighted by Gasteiger charge is -2.21.